The van der Waals surface area contributed by atoms with E-state index in [1.54, 1.807) is 0 Å². The molecule has 0 amide bonds. The number of hydrogen-bond acceptors (Lipinski definition) is 6. The second kappa shape index (κ2) is 71.1. The van der Waals surface area contributed by atoms with Crippen molar-refractivity contribution in [2.45, 2.75) is 374 Å². The molecule has 1 unspecified atom stereocenters. The van der Waals surface area contributed by atoms with E-state index in [9.17, 15) is 14.4 Å². The molecule has 0 aromatic rings. The second-order valence-electron chi connectivity index (χ2n) is 24.1. The SMILES string of the molecule is CC/C=C\C/C=C\C/C=C\C/C=C\C/C=C\CCCCCCCCCCCCCCCC(=O)OCC(COC(=O)CCCCCCCCC)OC(=O)CCCCCCCCCCCCCCCCCCC/C=C\C/C=C\CCCCCCC. The number of carbonyl (C=O) groups excluding carboxylic acids is 3. The van der Waals surface area contributed by atoms with Gasteiger partial charge in [0.25, 0.3) is 0 Å². The van der Waals surface area contributed by atoms with E-state index in [1.807, 2.05) is 0 Å². The molecule has 1 atom stereocenters. The molecule has 6 nitrogen and oxygen atoms in total. The monoisotopic (exact) mass is 1160 g/mol. The number of rotatable bonds is 66. The first kappa shape index (κ1) is 79.6. The summed E-state index contributed by atoms with van der Waals surface area (Å²) in [5.74, 6) is -0.861. The number of unbranched alkanes of at least 4 members (excludes halogenated alkanes) is 41. The van der Waals surface area contributed by atoms with Crippen LogP contribution >= 0.6 is 0 Å². The van der Waals surface area contributed by atoms with E-state index in [2.05, 4.69) is 106 Å². The molecule has 0 rings (SSSR count). The van der Waals surface area contributed by atoms with Crippen LogP contribution in [0.4, 0.5) is 0 Å². The highest BCUT2D eigenvalue weighted by atomic mass is 16.6. The van der Waals surface area contributed by atoms with Crippen LogP contribution in [-0.4, -0.2) is 37.2 Å². The van der Waals surface area contributed by atoms with Crippen LogP contribution in [0.2, 0.25) is 0 Å². The van der Waals surface area contributed by atoms with Gasteiger partial charge in [0, 0.05) is 19.3 Å². The third-order valence-electron chi connectivity index (χ3n) is 15.9. The van der Waals surface area contributed by atoms with Crippen molar-refractivity contribution in [3.05, 3.63) is 85.1 Å². The Kier molecular flexibility index (Phi) is 68.2. The van der Waals surface area contributed by atoms with Crippen LogP contribution in [0.5, 0.6) is 0 Å². The van der Waals surface area contributed by atoms with E-state index >= 15 is 0 Å². The normalized spacial score (nSPS) is 12.6. The predicted octanol–water partition coefficient (Wildman–Crippen LogP) is 25.0. The fourth-order valence-electron chi connectivity index (χ4n) is 10.5. The molecule has 0 fully saturated rings. The van der Waals surface area contributed by atoms with Gasteiger partial charge in [-0.1, -0.05) is 337 Å². The van der Waals surface area contributed by atoms with Crippen molar-refractivity contribution >= 4 is 17.9 Å². The Hall–Kier alpha value is -3.41. The summed E-state index contributed by atoms with van der Waals surface area (Å²) in [6.07, 6.45) is 95.1. The third-order valence-corrected chi connectivity index (χ3v) is 15.9. The van der Waals surface area contributed by atoms with Gasteiger partial charge >= 0.3 is 17.9 Å². The molecule has 0 aliphatic rings. The van der Waals surface area contributed by atoms with Crippen molar-refractivity contribution in [3.63, 3.8) is 0 Å². The van der Waals surface area contributed by atoms with Crippen molar-refractivity contribution < 1.29 is 28.6 Å². The lowest BCUT2D eigenvalue weighted by molar-refractivity contribution is -0.167. The molecule has 83 heavy (non-hydrogen) atoms. The predicted molar refractivity (Wildman–Crippen MR) is 362 cm³/mol. The minimum atomic E-state index is -0.773. The van der Waals surface area contributed by atoms with Crippen LogP contribution in [0.1, 0.15) is 367 Å². The standard InChI is InChI=1S/C77H136O6/c1-4-7-10-13-16-18-20-22-24-26-28-30-32-34-36-38-40-42-44-46-48-50-52-54-56-58-61-64-67-70-76(79)82-73-74(72-81-75(78)69-66-63-60-15-12-9-6-3)83-77(80)71-68-65-62-59-57-55-53-51-49-47-45-43-41-39-37-35-33-31-29-27-25-23-21-19-17-14-11-8-5-2/h7,10,16,18,21-24,27-30,34,36,74H,4-6,8-9,11-15,17,19-20,25-26,31-33,35,37-73H2,1-3H3/b10-7-,18-16-,23-21-,24-22-,29-27-,30-28-,36-34-. The van der Waals surface area contributed by atoms with Crippen LogP contribution in [0.15, 0.2) is 85.1 Å². The van der Waals surface area contributed by atoms with E-state index in [4.69, 9.17) is 14.2 Å². The maximum absolute atomic E-state index is 12.9. The van der Waals surface area contributed by atoms with Gasteiger partial charge in [0.1, 0.15) is 13.2 Å². The molecular weight excluding hydrogens is 1020 g/mol. The largest absolute Gasteiger partial charge is 0.462 e. The Morgan fingerprint density at radius 1 is 0.253 bits per heavy atom. The summed E-state index contributed by atoms with van der Waals surface area (Å²) < 4.78 is 16.9. The molecule has 0 aliphatic carbocycles. The second-order valence-corrected chi connectivity index (χ2v) is 24.1. The highest BCUT2D eigenvalue weighted by Crippen LogP contribution is 2.18. The highest BCUT2D eigenvalue weighted by molar-refractivity contribution is 5.71. The fraction of sp³-hybridized carbons (Fsp3) is 0.779. The lowest BCUT2D eigenvalue weighted by atomic mass is 10.0. The summed E-state index contributed by atoms with van der Waals surface area (Å²) in [6.45, 7) is 6.52. The van der Waals surface area contributed by atoms with E-state index in [0.717, 1.165) is 96.3 Å². The molecule has 0 saturated heterocycles. The van der Waals surface area contributed by atoms with Gasteiger partial charge in [0.05, 0.1) is 0 Å². The van der Waals surface area contributed by atoms with E-state index < -0.39 is 6.10 Å². The van der Waals surface area contributed by atoms with E-state index in [0.29, 0.717) is 19.3 Å². The molecule has 0 saturated carbocycles. The lowest BCUT2D eigenvalue weighted by Gasteiger charge is -2.18. The molecule has 0 spiro atoms. The third kappa shape index (κ3) is 69.3. The smallest absolute Gasteiger partial charge is 0.306 e. The van der Waals surface area contributed by atoms with Crippen LogP contribution in [0, 0.1) is 0 Å². The summed E-state index contributed by atoms with van der Waals surface area (Å²) in [5.41, 5.74) is 0. The van der Waals surface area contributed by atoms with Crippen molar-refractivity contribution in [1.82, 2.24) is 0 Å². The van der Waals surface area contributed by atoms with Gasteiger partial charge in [0.15, 0.2) is 6.10 Å². The maximum atomic E-state index is 12.9. The Labute approximate surface area is 515 Å². The molecule has 0 radical (unpaired) electrons. The number of allylic oxidation sites excluding steroid dienone is 14. The van der Waals surface area contributed by atoms with Gasteiger partial charge in [-0.2, -0.15) is 0 Å². The summed E-state index contributed by atoms with van der Waals surface area (Å²) in [7, 11) is 0. The zero-order chi connectivity index (χ0) is 59.9. The molecule has 480 valence electrons. The Morgan fingerprint density at radius 2 is 0.470 bits per heavy atom. The van der Waals surface area contributed by atoms with E-state index in [1.165, 1.54) is 231 Å². The van der Waals surface area contributed by atoms with Crippen LogP contribution in [0.3, 0.4) is 0 Å². The minimum Gasteiger partial charge on any atom is -0.462 e. The lowest BCUT2D eigenvalue weighted by Crippen LogP contribution is -2.30. The molecular formula is C77H136O6. The van der Waals surface area contributed by atoms with Gasteiger partial charge in [0.2, 0.25) is 0 Å². The first-order valence-corrected chi connectivity index (χ1v) is 36.1. The van der Waals surface area contributed by atoms with Crippen molar-refractivity contribution in [2.75, 3.05) is 13.2 Å². The number of ether oxygens (including phenoxy) is 3. The van der Waals surface area contributed by atoms with Crippen LogP contribution < -0.4 is 0 Å². The zero-order valence-electron chi connectivity index (χ0n) is 55.2. The van der Waals surface area contributed by atoms with Crippen LogP contribution in [0.25, 0.3) is 0 Å². The molecule has 0 aliphatic heterocycles. The summed E-state index contributed by atoms with van der Waals surface area (Å²) in [4.78, 5) is 38.2. The molecule has 0 heterocycles. The number of esters is 3. The van der Waals surface area contributed by atoms with Gasteiger partial charge in [-0.15, -0.1) is 0 Å². The van der Waals surface area contributed by atoms with Crippen molar-refractivity contribution in [1.29, 1.82) is 0 Å². The molecule has 0 aromatic carbocycles. The summed E-state index contributed by atoms with van der Waals surface area (Å²) >= 11 is 0. The molecule has 6 heteroatoms. The number of carbonyl (C=O) groups is 3. The fourth-order valence-corrected chi connectivity index (χ4v) is 10.5. The highest BCUT2D eigenvalue weighted by Gasteiger charge is 2.19. The van der Waals surface area contributed by atoms with Crippen LogP contribution in [-0.2, 0) is 28.6 Å². The Balaban J connectivity index is 4.04. The minimum absolute atomic E-state index is 0.0721. The average molecular weight is 1160 g/mol. The molecule has 0 bridgehead atoms. The van der Waals surface area contributed by atoms with Gasteiger partial charge in [-0.05, 0) is 96.3 Å². The maximum Gasteiger partial charge on any atom is 0.306 e. The first-order chi connectivity index (χ1) is 41.0. The van der Waals surface area contributed by atoms with Gasteiger partial charge in [-0.25, -0.2) is 0 Å². The van der Waals surface area contributed by atoms with Crippen molar-refractivity contribution in [2.24, 2.45) is 0 Å². The number of hydrogen-bond donors (Lipinski definition) is 0. The average Bonchev–Trinajstić information content (AvgIpc) is 3.49. The first-order valence-electron chi connectivity index (χ1n) is 36.1. The van der Waals surface area contributed by atoms with E-state index in [-0.39, 0.29) is 31.1 Å². The molecule has 0 N–H and O–H groups in total. The molecule has 0 aromatic heterocycles. The topological polar surface area (TPSA) is 78.9 Å². The summed E-state index contributed by atoms with van der Waals surface area (Å²) in [6, 6.07) is 0. The quantitative estimate of drug-likeness (QED) is 0.0261. The summed E-state index contributed by atoms with van der Waals surface area (Å²) in [5, 5.41) is 0. The Morgan fingerprint density at radius 3 is 0.735 bits per heavy atom. The zero-order valence-corrected chi connectivity index (χ0v) is 55.2. The van der Waals surface area contributed by atoms with Crippen molar-refractivity contribution in [3.8, 4) is 0 Å². The van der Waals surface area contributed by atoms with Gasteiger partial charge < -0.3 is 14.2 Å². The Bertz CT molecular complexity index is 1570. The van der Waals surface area contributed by atoms with Gasteiger partial charge in [-0.3, -0.25) is 14.4 Å².